The van der Waals surface area contributed by atoms with Gasteiger partial charge in [0.1, 0.15) is 0 Å². The fraction of sp³-hybridized carbons (Fsp3) is 0.235. The lowest BCUT2D eigenvalue weighted by molar-refractivity contribution is 0.147. The molecule has 0 radical (unpaired) electrons. The Morgan fingerprint density at radius 1 is 0.875 bits per heavy atom. The second-order valence-electron chi connectivity index (χ2n) is 10.5. The first kappa shape index (κ1) is 27.3. The van der Waals surface area contributed by atoms with Gasteiger partial charge in [0.25, 0.3) is 0 Å². The third kappa shape index (κ3) is 6.84. The number of nitrogens with zero attached hydrogens (tertiary/aromatic N) is 4. The first-order chi connectivity index (χ1) is 19.5. The number of piperazine rings is 1. The summed E-state index contributed by atoms with van der Waals surface area (Å²) in [4.78, 5) is 14.0. The Morgan fingerprint density at radius 3 is 2.45 bits per heavy atom. The number of benzene rings is 2. The highest BCUT2D eigenvalue weighted by atomic mass is 15.2. The summed E-state index contributed by atoms with van der Waals surface area (Å²) < 4.78 is 0. The summed E-state index contributed by atoms with van der Waals surface area (Å²) in [5, 5.41) is 6.78. The smallest absolute Gasteiger partial charge is 0.0564 e. The van der Waals surface area contributed by atoms with E-state index in [2.05, 4.69) is 105 Å². The van der Waals surface area contributed by atoms with Gasteiger partial charge in [-0.3, -0.25) is 14.9 Å². The third-order valence-corrected chi connectivity index (χ3v) is 7.45. The average Bonchev–Trinajstić information content (AvgIpc) is 2.98. The average molecular weight is 531 g/mol. The molecule has 0 amide bonds. The molecule has 0 unspecified atom stereocenters. The summed E-state index contributed by atoms with van der Waals surface area (Å²) in [6.07, 6.45) is 6.57. The van der Waals surface area contributed by atoms with Crippen LogP contribution in [0.25, 0.3) is 16.7 Å². The van der Waals surface area contributed by atoms with E-state index in [4.69, 9.17) is 0 Å². The molecule has 2 aromatic carbocycles. The van der Waals surface area contributed by atoms with E-state index in [9.17, 15) is 0 Å². The van der Waals surface area contributed by atoms with E-state index >= 15 is 0 Å². The van der Waals surface area contributed by atoms with E-state index in [-0.39, 0.29) is 0 Å². The lowest BCUT2D eigenvalue weighted by Crippen LogP contribution is -2.44. The highest BCUT2D eigenvalue weighted by Crippen LogP contribution is 2.33. The summed E-state index contributed by atoms with van der Waals surface area (Å²) in [5.41, 5.74) is 10.2. The van der Waals surface area contributed by atoms with Crippen LogP contribution in [-0.2, 0) is 13.0 Å². The van der Waals surface area contributed by atoms with Gasteiger partial charge in [-0.2, -0.15) is 0 Å². The van der Waals surface area contributed by atoms with E-state index in [1.165, 1.54) is 11.1 Å². The van der Waals surface area contributed by atoms with E-state index in [1.807, 2.05) is 37.8 Å². The quantitative estimate of drug-likeness (QED) is 0.240. The Bertz CT molecular complexity index is 1470. The normalized spacial score (nSPS) is 14.1. The topological polar surface area (TPSA) is 56.3 Å². The van der Waals surface area contributed by atoms with Gasteiger partial charge in [-0.1, -0.05) is 49.6 Å². The predicted molar refractivity (Wildman–Crippen MR) is 167 cm³/mol. The minimum atomic E-state index is 0.751. The molecule has 6 heteroatoms. The number of hydrogen-bond donors (Lipinski definition) is 2. The summed E-state index contributed by atoms with van der Waals surface area (Å²) in [6.45, 7) is 13.9. The summed E-state index contributed by atoms with van der Waals surface area (Å²) in [6, 6.07) is 23.2. The minimum absolute atomic E-state index is 0.751. The third-order valence-electron chi connectivity index (χ3n) is 7.45. The summed E-state index contributed by atoms with van der Waals surface area (Å²) in [5.74, 6) is 0. The molecule has 0 saturated carbocycles. The zero-order valence-electron chi connectivity index (χ0n) is 23.5. The van der Waals surface area contributed by atoms with Crippen molar-refractivity contribution in [3.63, 3.8) is 0 Å². The number of aromatic nitrogens is 2. The number of likely N-dealkylation sites (N-methyl/N-ethyl adjacent to an activating group) is 1. The maximum atomic E-state index is 4.61. The molecule has 2 aromatic heterocycles. The molecule has 1 saturated heterocycles. The maximum Gasteiger partial charge on any atom is 0.0564 e. The predicted octanol–water partition coefficient (Wildman–Crippen LogP) is 6.16. The van der Waals surface area contributed by atoms with Gasteiger partial charge in [0, 0.05) is 86.6 Å². The molecular weight excluding hydrogens is 492 g/mol. The van der Waals surface area contributed by atoms with Gasteiger partial charge in [-0.05, 0) is 66.1 Å². The van der Waals surface area contributed by atoms with Crippen LogP contribution < -0.4 is 10.6 Å². The van der Waals surface area contributed by atoms with E-state index in [0.29, 0.717) is 0 Å². The minimum Gasteiger partial charge on any atom is -0.388 e. The molecule has 204 valence electrons. The highest BCUT2D eigenvalue weighted by molar-refractivity contribution is 5.88. The Hall–Kier alpha value is -4.26. The van der Waals surface area contributed by atoms with E-state index in [0.717, 1.165) is 84.2 Å². The van der Waals surface area contributed by atoms with Gasteiger partial charge in [0.15, 0.2) is 0 Å². The van der Waals surface area contributed by atoms with Crippen molar-refractivity contribution in [1.29, 1.82) is 0 Å². The second kappa shape index (κ2) is 12.7. The molecule has 0 spiro atoms. The van der Waals surface area contributed by atoms with Gasteiger partial charge in [-0.25, -0.2) is 0 Å². The molecule has 1 fully saturated rings. The molecule has 1 aliphatic heterocycles. The van der Waals surface area contributed by atoms with Crippen molar-refractivity contribution in [3.05, 3.63) is 127 Å². The maximum absolute atomic E-state index is 4.61. The van der Waals surface area contributed by atoms with Crippen molar-refractivity contribution in [3.8, 4) is 11.1 Å². The number of pyridine rings is 2. The summed E-state index contributed by atoms with van der Waals surface area (Å²) >= 11 is 0. The molecule has 6 nitrogen and oxygen atoms in total. The van der Waals surface area contributed by atoms with Crippen LogP contribution >= 0.6 is 0 Å². The zero-order valence-corrected chi connectivity index (χ0v) is 23.5. The van der Waals surface area contributed by atoms with Crippen LogP contribution in [0.15, 0.2) is 104 Å². The molecular formula is C34H38N6. The molecule has 4 aromatic rings. The molecule has 5 rings (SSSR count). The molecule has 0 bridgehead atoms. The van der Waals surface area contributed by atoms with Crippen LogP contribution in [0.1, 0.15) is 22.4 Å². The first-order valence-electron chi connectivity index (χ1n) is 13.8. The Labute approximate surface area is 238 Å². The van der Waals surface area contributed by atoms with Crippen molar-refractivity contribution >= 4 is 16.9 Å². The standard InChI is InChI=1S/C34H38N6/c1-25(26(2)38-31-12-13-37-32(21-31)24-40-16-14-39(4)15-17-40)33-20-29(10-11-34(33)35-3)30-19-28(22-36-23-30)18-27-8-6-5-7-9-27/h5-13,19-23,35H,1-2,14-18,24H2,3-4H3,(H,37,38). The molecule has 40 heavy (non-hydrogen) atoms. The lowest BCUT2D eigenvalue weighted by Gasteiger charge is -2.32. The van der Waals surface area contributed by atoms with Crippen molar-refractivity contribution in [1.82, 2.24) is 19.8 Å². The fourth-order valence-electron chi connectivity index (χ4n) is 5.05. The Morgan fingerprint density at radius 2 is 1.68 bits per heavy atom. The van der Waals surface area contributed by atoms with Gasteiger partial charge in [0.2, 0.25) is 0 Å². The van der Waals surface area contributed by atoms with Crippen molar-refractivity contribution in [2.24, 2.45) is 0 Å². The SMILES string of the molecule is C=C(Nc1ccnc(CN2CCN(C)CC2)c1)C(=C)c1cc(-c2cncc(Cc3ccccc3)c2)ccc1NC. The van der Waals surface area contributed by atoms with Gasteiger partial charge in [-0.15, -0.1) is 0 Å². The largest absolute Gasteiger partial charge is 0.388 e. The van der Waals surface area contributed by atoms with Crippen LogP contribution in [0, 0.1) is 0 Å². The van der Waals surface area contributed by atoms with Crippen LogP contribution in [0.5, 0.6) is 0 Å². The van der Waals surface area contributed by atoms with Gasteiger partial charge < -0.3 is 15.5 Å². The van der Waals surface area contributed by atoms with E-state index in [1.54, 1.807) is 0 Å². The number of nitrogens with one attached hydrogen (secondary N) is 2. The molecule has 2 N–H and O–H groups in total. The van der Waals surface area contributed by atoms with Crippen molar-refractivity contribution in [2.45, 2.75) is 13.0 Å². The molecule has 0 aliphatic carbocycles. The van der Waals surface area contributed by atoms with Crippen LogP contribution in [0.2, 0.25) is 0 Å². The fourth-order valence-corrected chi connectivity index (χ4v) is 5.05. The molecule has 1 aliphatic rings. The Balaban J connectivity index is 1.31. The number of hydrogen-bond acceptors (Lipinski definition) is 6. The lowest BCUT2D eigenvalue weighted by atomic mass is 9.96. The number of anilines is 2. The monoisotopic (exact) mass is 530 g/mol. The Kier molecular flexibility index (Phi) is 8.69. The van der Waals surface area contributed by atoms with Crippen molar-refractivity contribution < 1.29 is 0 Å². The van der Waals surface area contributed by atoms with Crippen LogP contribution in [0.3, 0.4) is 0 Å². The zero-order chi connectivity index (χ0) is 27.9. The van der Waals surface area contributed by atoms with Crippen LogP contribution in [0.4, 0.5) is 11.4 Å². The van der Waals surface area contributed by atoms with Gasteiger partial charge in [0.05, 0.1) is 5.69 Å². The number of rotatable bonds is 10. The van der Waals surface area contributed by atoms with Crippen LogP contribution in [-0.4, -0.2) is 60.0 Å². The summed E-state index contributed by atoms with van der Waals surface area (Å²) in [7, 11) is 4.10. The highest BCUT2D eigenvalue weighted by Gasteiger charge is 2.15. The van der Waals surface area contributed by atoms with Crippen molar-refractivity contribution in [2.75, 3.05) is 50.9 Å². The first-order valence-corrected chi connectivity index (χ1v) is 13.8. The molecule has 3 heterocycles. The van der Waals surface area contributed by atoms with E-state index < -0.39 is 0 Å². The second-order valence-corrected chi connectivity index (χ2v) is 10.5. The molecule has 0 atom stereocenters. The van der Waals surface area contributed by atoms with Gasteiger partial charge >= 0.3 is 0 Å². The number of allylic oxidation sites excluding steroid dienone is 1.